The van der Waals surface area contributed by atoms with Gasteiger partial charge in [-0.25, -0.2) is 9.69 Å². The fourth-order valence-electron chi connectivity index (χ4n) is 3.74. The molecule has 3 rings (SSSR count). The Labute approximate surface area is 151 Å². The third kappa shape index (κ3) is 3.11. The van der Waals surface area contributed by atoms with Crippen LogP contribution in [0, 0.1) is 5.92 Å². The minimum Gasteiger partial charge on any atom is -0.324 e. The van der Waals surface area contributed by atoms with Crippen molar-refractivity contribution in [2.24, 2.45) is 5.92 Å². The molecule has 4 amide bonds. The van der Waals surface area contributed by atoms with Gasteiger partial charge in [0.25, 0.3) is 5.91 Å². The first kappa shape index (κ1) is 17.7. The van der Waals surface area contributed by atoms with Crippen LogP contribution in [0.25, 0.3) is 0 Å². The second-order valence-corrected chi connectivity index (χ2v) is 7.34. The van der Waals surface area contributed by atoms with Crippen molar-refractivity contribution in [1.29, 1.82) is 0 Å². The molecular formula is C18H22ClN3O3. The third-order valence-corrected chi connectivity index (χ3v) is 5.54. The van der Waals surface area contributed by atoms with Crippen molar-refractivity contribution in [3.05, 3.63) is 29.3 Å². The molecule has 25 heavy (non-hydrogen) atoms. The Balaban J connectivity index is 1.77. The highest BCUT2D eigenvalue weighted by Gasteiger charge is 2.56. The predicted molar refractivity (Wildman–Crippen MR) is 95.3 cm³/mol. The fraction of sp³-hybridized carbons (Fsp3) is 0.500. The first-order valence-corrected chi connectivity index (χ1v) is 8.95. The van der Waals surface area contributed by atoms with Gasteiger partial charge in [-0.3, -0.25) is 9.59 Å². The predicted octanol–water partition coefficient (Wildman–Crippen LogP) is 3.17. The molecule has 3 atom stereocenters. The van der Waals surface area contributed by atoms with Crippen LogP contribution in [0.5, 0.6) is 0 Å². The molecule has 1 saturated heterocycles. The zero-order valence-corrected chi connectivity index (χ0v) is 15.1. The fourth-order valence-corrected chi connectivity index (χ4v) is 3.93. The van der Waals surface area contributed by atoms with Gasteiger partial charge >= 0.3 is 6.03 Å². The number of nitrogens with one attached hydrogen (secondary N) is 2. The number of carbonyl (C=O) groups excluding carboxylic acids is 3. The van der Waals surface area contributed by atoms with Crippen LogP contribution < -0.4 is 10.6 Å². The average Bonchev–Trinajstić information content (AvgIpc) is 2.81. The Morgan fingerprint density at radius 2 is 2.16 bits per heavy atom. The summed E-state index contributed by atoms with van der Waals surface area (Å²) in [4.78, 5) is 39.0. The number of carbonyl (C=O) groups is 3. The van der Waals surface area contributed by atoms with Crippen molar-refractivity contribution in [2.45, 2.75) is 51.1 Å². The third-order valence-electron chi connectivity index (χ3n) is 5.31. The van der Waals surface area contributed by atoms with Crippen molar-refractivity contribution in [1.82, 2.24) is 10.2 Å². The van der Waals surface area contributed by atoms with Gasteiger partial charge in [0.1, 0.15) is 11.6 Å². The molecule has 2 aliphatic rings. The van der Waals surface area contributed by atoms with Crippen LogP contribution in [-0.4, -0.2) is 34.3 Å². The highest BCUT2D eigenvalue weighted by atomic mass is 35.5. The molecule has 1 heterocycles. The van der Waals surface area contributed by atoms with Crippen molar-refractivity contribution >= 4 is 35.1 Å². The smallest absolute Gasteiger partial charge is 0.324 e. The van der Waals surface area contributed by atoms with Crippen molar-refractivity contribution < 1.29 is 14.4 Å². The van der Waals surface area contributed by atoms with Crippen molar-refractivity contribution in [2.75, 3.05) is 5.32 Å². The van der Waals surface area contributed by atoms with Gasteiger partial charge in [-0.1, -0.05) is 37.4 Å². The van der Waals surface area contributed by atoms with Gasteiger partial charge < -0.3 is 10.6 Å². The Kier molecular flexibility index (Phi) is 4.73. The van der Waals surface area contributed by atoms with E-state index < -0.39 is 23.5 Å². The summed E-state index contributed by atoms with van der Waals surface area (Å²) in [5.41, 5.74) is -0.336. The van der Waals surface area contributed by atoms with E-state index in [0.717, 1.165) is 24.2 Å². The Morgan fingerprint density at radius 1 is 1.40 bits per heavy atom. The summed E-state index contributed by atoms with van der Waals surface area (Å²) in [5, 5.41) is 6.07. The van der Waals surface area contributed by atoms with Crippen LogP contribution in [0.15, 0.2) is 24.3 Å². The molecule has 0 unspecified atom stereocenters. The standard InChI is InChI=1S/C18H22ClN3O3/c1-11-6-3-4-9-18(11)16(24)22(17(25)21-18)12(2)15(23)20-14-8-5-7-13(19)10-14/h5,7-8,10-12H,3-4,6,9H2,1-2H3,(H,20,23)(H,21,25)/t11-,12-,18+/m0/s1. The number of urea groups is 1. The molecule has 2 fully saturated rings. The lowest BCUT2D eigenvalue weighted by Crippen LogP contribution is -2.54. The van der Waals surface area contributed by atoms with Gasteiger partial charge in [0.15, 0.2) is 0 Å². The number of hydrogen-bond acceptors (Lipinski definition) is 3. The number of hydrogen-bond donors (Lipinski definition) is 2. The summed E-state index contributed by atoms with van der Waals surface area (Å²) in [7, 11) is 0. The molecule has 7 heteroatoms. The van der Waals surface area contributed by atoms with Crippen LogP contribution in [0.3, 0.4) is 0 Å². The molecule has 2 N–H and O–H groups in total. The van der Waals surface area contributed by atoms with Gasteiger partial charge in [0, 0.05) is 10.7 Å². The van der Waals surface area contributed by atoms with E-state index >= 15 is 0 Å². The van der Waals surface area contributed by atoms with E-state index in [9.17, 15) is 14.4 Å². The average molecular weight is 364 g/mol. The Morgan fingerprint density at radius 3 is 2.84 bits per heavy atom. The lowest BCUT2D eigenvalue weighted by molar-refractivity contribution is -0.138. The number of amides is 4. The first-order valence-electron chi connectivity index (χ1n) is 8.57. The molecule has 0 bridgehead atoms. The molecule has 0 aromatic heterocycles. The maximum absolute atomic E-state index is 13.0. The largest absolute Gasteiger partial charge is 0.325 e. The zero-order chi connectivity index (χ0) is 18.2. The molecular weight excluding hydrogens is 342 g/mol. The lowest BCUT2D eigenvalue weighted by atomic mass is 9.73. The number of anilines is 1. The van der Waals surface area contributed by atoms with Crippen molar-refractivity contribution in [3.8, 4) is 0 Å². The molecule has 1 aliphatic heterocycles. The van der Waals surface area contributed by atoms with Crippen molar-refractivity contribution in [3.63, 3.8) is 0 Å². The molecule has 1 aliphatic carbocycles. The van der Waals surface area contributed by atoms with E-state index in [1.807, 2.05) is 6.92 Å². The topological polar surface area (TPSA) is 78.5 Å². The second kappa shape index (κ2) is 6.67. The maximum Gasteiger partial charge on any atom is 0.325 e. The summed E-state index contributed by atoms with van der Waals surface area (Å²) < 4.78 is 0. The van der Waals surface area contributed by atoms with Crippen LogP contribution in [0.1, 0.15) is 39.5 Å². The van der Waals surface area contributed by atoms with E-state index in [2.05, 4.69) is 10.6 Å². The number of nitrogens with zero attached hydrogens (tertiary/aromatic N) is 1. The number of benzene rings is 1. The summed E-state index contributed by atoms with van der Waals surface area (Å²) >= 11 is 5.91. The Bertz CT molecular complexity index is 723. The van der Waals surface area contributed by atoms with E-state index in [-0.39, 0.29) is 11.8 Å². The molecule has 134 valence electrons. The molecule has 0 radical (unpaired) electrons. The minimum absolute atomic E-state index is 0.0610. The van der Waals surface area contributed by atoms with Crippen LogP contribution in [-0.2, 0) is 9.59 Å². The second-order valence-electron chi connectivity index (χ2n) is 6.90. The lowest BCUT2D eigenvalue weighted by Gasteiger charge is -2.37. The van der Waals surface area contributed by atoms with Gasteiger partial charge in [-0.05, 0) is 43.9 Å². The SMILES string of the molecule is C[C@@H](C(=O)Nc1cccc(Cl)c1)N1C(=O)N[C@@]2(CCCC[C@@H]2C)C1=O. The normalized spacial score (nSPS) is 27.3. The van der Waals surface area contributed by atoms with Gasteiger partial charge in [0.05, 0.1) is 0 Å². The minimum atomic E-state index is -0.903. The van der Waals surface area contributed by atoms with Gasteiger partial charge in [0.2, 0.25) is 5.91 Å². The highest BCUT2D eigenvalue weighted by Crippen LogP contribution is 2.38. The first-order chi connectivity index (χ1) is 11.8. The van der Waals surface area contributed by atoms with E-state index in [1.54, 1.807) is 31.2 Å². The molecule has 1 aromatic rings. The monoisotopic (exact) mass is 363 g/mol. The van der Waals surface area contributed by atoms with E-state index in [0.29, 0.717) is 17.1 Å². The molecule has 1 spiro atoms. The van der Waals surface area contributed by atoms with Crippen LogP contribution in [0.4, 0.5) is 10.5 Å². The molecule has 6 nitrogen and oxygen atoms in total. The summed E-state index contributed by atoms with van der Waals surface area (Å²) in [6, 6.07) is 5.34. The zero-order valence-electron chi connectivity index (χ0n) is 14.3. The Hall–Kier alpha value is -2.08. The van der Waals surface area contributed by atoms with Gasteiger partial charge in [-0.2, -0.15) is 0 Å². The number of halogens is 1. The van der Waals surface area contributed by atoms with E-state index in [4.69, 9.17) is 11.6 Å². The summed E-state index contributed by atoms with van der Waals surface area (Å²) in [6.45, 7) is 3.54. The van der Waals surface area contributed by atoms with Crippen LogP contribution >= 0.6 is 11.6 Å². The summed E-state index contributed by atoms with van der Waals surface area (Å²) in [6.07, 6.45) is 3.46. The van der Waals surface area contributed by atoms with Gasteiger partial charge in [-0.15, -0.1) is 0 Å². The highest BCUT2D eigenvalue weighted by molar-refractivity contribution is 6.30. The summed E-state index contributed by atoms with van der Waals surface area (Å²) in [5.74, 6) is -0.657. The number of imide groups is 1. The van der Waals surface area contributed by atoms with E-state index in [1.165, 1.54) is 0 Å². The van der Waals surface area contributed by atoms with Crippen LogP contribution in [0.2, 0.25) is 5.02 Å². The quantitative estimate of drug-likeness (QED) is 0.809. The molecule has 1 aromatic carbocycles. The number of rotatable bonds is 3. The molecule has 1 saturated carbocycles. The maximum atomic E-state index is 13.0.